The van der Waals surface area contributed by atoms with Crippen LogP contribution in [-0.4, -0.2) is 19.6 Å². The van der Waals surface area contributed by atoms with Gasteiger partial charge in [0.15, 0.2) is 0 Å². The zero-order valence-corrected chi connectivity index (χ0v) is 10.00. The fourth-order valence-electron chi connectivity index (χ4n) is 1.57. The average Bonchev–Trinajstić information content (AvgIpc) is 2.34. The van der Waals surface area contributed by atoms with Gasteiger partial charge < -0.3 is 4.74 Å². The Morgan fingerprint density at radius 3 is 2.88 bits per heavy atom. The van der Waals surface area contributed by atoms with E-state index in [1.54, 1.807) is 25.1 Å². The second-order valence-corrected chi connectivity index (χ2v) is 3.80. The number of esters is 1. The first-order valence-electron chi connectivity index (χ1n) is 5.25. The molecule has 1 atom stereocenters. The minimum atomic E-state index is -1.08. The molecular formula is C13H16FNO2. The number of hydrogen-bond donors (Lipinski definition) is 1. The first-order chi connectivity index (χ1) is 8.04. The van der Waals surface area contributed by atoms with Crippen molar-refractivity contribution in [3.63, 3.8) is 0 Å². The van der Waals surface area contributed by atoms with E-state index >= 15 is 0 Å². The smallest absolute Gasteiger partial charge is 0.330 e. The monoisotopic (exact) mass is 237 g/mol. The molecule has 92 valence electrons. The molecule has 0 aliphatic heterocycles. The maximum atomic E-state index is 13.2. The lowest BCUT2D eigenvalue weighted by Gasteiger charge is -2.28. The molecule has 4 heteroatoms. The maximum absolute atomic E-state index is 13.2. The minimum absolute atomic E-state index is 0.391. The zero-order valence-electron chi connectivity index (χ0n) is 10.00. The highest BCUT2D eigenvalue weighted by Gasteiger charge is 2.35. The molecule has 0 fully saturated rings. The van der Waals surface area contributed by atoms with E-state index in [1.807, 2.05) is 0 Å². The highest BCUT2D eigenvalue weighted by Crippen LogP contribution is 2.22. The van der Waals surface area contributed by atoms with Crippen molar-refractivity contribution in [3.05, 3.63) is 48.3 Å². The van der Waals surface area contributed by atoms with Crippen LogP contribution >= 0.6 is 0 Å². The first-order valence-corrected chi connectivity index (χ1v) is 5.25. The average molecular weight is 237 g/mol. The van der Waals surface area contributed by atoms with Gasteiger partial charge in [-0.25, -0.2) is 9.18 Å². The van der Waals surface area contributed by atoms with E-state index in [0.717, 1.165) is 0 Å². The lowest BCUT2D eigenvalue weighted by molar-refractivity contribution is -0.148. The number of halogens is 1. The van der Waals surface area contributed by atoms with E-state index in [1.165, 1.54) is 19.2 Å². The summed E-state index contributed by atoms with van der Waals surface area (Å²) in [4.78, 5) is 11.8. The fourth-order valence-corrected chi connectivity index (χ4v) is 1.57. The molecule has 1 N–H and O–H groups in total. The number of rotatable bonds is 5. The van der Waals surface area contributed by atoms with Crippen LogP contribution in [0.2, 0.25) is 0 Å². The van der Waals surface area contributed by atoms with Gasteiger partial charge in [0.05, 0.1) is 7.11 Å². The molecule has 0 aliphatic carbocycles. The van der Waals surface area contributed by atoms with Gasteiger partial charge in [-0.2, -0.15) is 0 Å². The molecule has 0 radical (unpaired) electrons. The summed E-state index contributed by atoms with van der Waals surface area (Å²) >= 11 is 0. The van der Waals surface area contributed by atoms with Crippen molar-refractivity contribution >= 4 is 5.97 Å². The van der Waals surface area contributed by atoms with Crippen LogP contribution in [0.5, 0.6) is 0 Å². The van der Waals surface area contributed by atoms with Gasteiger partial charge in [0.2, 0.25) is 0 Å². The van der Waals surface area contributed by atoms with E-state index < -0.39 is 17.3 Å². The summed E-state index contributed by atoms with van der Waals surface area (Å²) in [6, 6.07) is 5.87. The van der Waals surface area contributed by atoms with Crippen molar-refractivity contribution in [2.45, 2.75) is 12.5 Å². The van der Waals surface area contributed by atoms with Crippen molar-refractivity contribution in [1.82, 2.24) is 5.32 Å². The van der Waals surface area contributed by atoms with Gasteiger partial charge in [0, 0.05) is 6.54 Å². The van der Waals surface area contributed by atoms with Crippen molar-refractivity contribution in [2.24, 2.45) is 0 Å². The van der Waals surface area contributed by atoms with Crippen molar-refractivity contribution in [1.29, 1.82) is 0 Å². The highest BCUT2D eigenvalue weighted by atomic mass is 19.1. The first kappa shape index (κ1) is 13.4. The van der Waals surface area contributed by atoms with Crippen LogP contribution in [-0.2, 0) is 15.1 Å². The van der Waals surface area contributed by atoms with Crippen LogP contribution in [0.1, 0.15) is 12.5 Å². The van der Waals surface area contributed by atoms with Crippen molar-refractivity contribution in [2.75, 3.05) is 13.7 Å². The van der Waals surface area contributed by atoms with Gasteiger partial charge in [-0.1, -0.05) is 18.2 Å². The molecule has 1 aromatic rings. The summed E-state index contributed by atoms with van der Waals surface area (Å²) < 4.78 is 17.9. The largest absolute Gasteiger partial charge is 0.467 e. The van der Waals surface area contributed by atoms with Crippen molar-refractivity contribution < 1.29 is 13.9 Å². The normalized spacial score (nSPS) is 13.8. The van der Waals surface area contributed by atoms with Gasteiger partial charge in [0.25, 0.3) is 0 Å². The summed E-state index contributed by atoms with van der Waals surface area (Å²) in [7, 11) is 1.30. The Bertz CT molecular complexity index is 420. The summed E-state index contributed by atoms with van der Waals surface area (Å²) in [6.45, 7) is 5.64. The molecule has 3 nitrogen and oxygen atoms in total. The fraction of sp³-hybridized carbons (Fsp3) is 0.308. The predicted octanol–water partition coefficient (Wildman–Crippen LogP) is 1.99. The minimum Gasteiger partial charge on any atom is -0.467 e. The van der Waals surface area contributed by atoms with Crippen LogP contribution in [0.4, 0.5) is 4.39 Å². The number of hydrogen-bond acceptors (Lipinski definition) is 3. The van der Waals surface area contributed by atoms with Gasteiger partial charge in [-0.05, 0) is 24.6 Å². The molecule has 0 bridgehead atoms. The molecule has 0 spiro atoms. The maximum Gasteiger partial charge on any atom is 0.330 e. The third-order valence-corrected chi connectivity index (χ3v) is 2.60. The van der Waals surface area contributed by atoms with E-state index in [4.69, 9.17) is 4.74 Å². The number of ether oxygens (including phenoxy) is 1. The number of nitrogens with one attached hydrogen (secondary N) is 1. The van der Waals surface area contributed by atoms with Gasteiger partial charge in [-0.15, -0.1) is 6.58 Å². The number of carbonyl (C=O) groups excluding carboxylic acids is 1. The molecular weight excluding hydrogens is 221 g/mol. The van der Waals surface area contributed by atoms with Crippen LogP contribution in [0.25, 0.3) is 0 Å². The molecule has 1 unspecified atom stereocenters. The predicted molar refractivity (Wildman–Crippen MR) is 64.0 cm³/mol. The third kappa shape index (κ3) is 2.91. The van der Waals surface area contributed by atoms with Gasteiger partial charge in [-0.3, -0.25) is 5.32 Å². The number of methoxy groups -OCH3 is 1. The summed E-state index contributed by atoms with van der Waals surface area (Å²) in [5.74, 6) is -0.858. The quantitative estimate of drug-likeness (QED) is 0.628. The second kappa shape index (κ2) is 5.59. The van der Waals surface area contributed by atoms with Crippen LogP contribution in [0.15, 0.2) is 36.9 Å². The second-order valence-electron chi connectivity index (χ2n) is 3.80. The van der Waals surface area contributed by atoms with E-state index in [2.05, 4.69) is 11.9 Å². The standard InChI is InChI=1S/C13H16FNO2/c1-4-8-15-13(2,12(16)17-3)10-6-5-7-11(14)9-10/h4-7,9,15H,1,8H2,2-3H3. The Hall–Kier alpha value is -1.68. The summed E-state index contributed by atoms with van der Waals surface area (Å²) in [5, 5.41) is 2.98. The highest BCUT2D eigenvalue weighted by molar-refractivity contribution is 5.82. The lowest BCUT2D eigenvalue weighted by Crippen LogP contribution is -2.47. The Morgan fingerprint density at radius 1 is 1.65 bits per heavy atom. The molecule has 0 aliphatic rings. The van der Waals surface area contributed by atoms with Crippen molar-refractivity contribution in [3.8, 4) is 0 Å². The van der Waals surface area contributed by atoms with Crippen LogP contribution in [0.3, 0.4) is 0 Å². The van der Waals surface area contributed by atoms with E-state index in [-0.39, 0.29) is 0 Å². The Morgan fingerprint density at radius 2 is 2.35 bits per heavy atom. The molecule has 0 heterocycles. The Kier molecular flexibility index (Phi) is 4.40. The molecule has 17 heavy (non-hydrogen) atoms. The third-order valence-electron chi connectivity index (χ3n) is 2.60. The number of benzene rings is 1. The molecule has 0 aromatic heterocycles. The van der Waals surface area contributed by atoms with E-state index in [0.29, 0.717) is 12.1 Å². The summed E-state index contributed by atoms with van der Waals surface area (Å²) in [6.07, 6.45) is 1.63. The lowest BCUT2D eigenvalue weighted by atomic mass is 9.92. The molecule has 0 amide bonds. The zero-order chi connectivity index (χ0) is 12.9. The number of carbonyl (C=O) groups is 1. The Labute approximate surface area is 100 Å². The molecule has 1 aromatic carbocycles. The summed E-state index contributed by atoms with van der Waals surface area (Å²) in [5.41, 5.74) is -0.559. The molecule has 0 saturated heterocycles. The van der Waals surface area contributed by atoms with Crippen LogP contribution in [0, 0.1) is 5.82 Å². The SMILES string of the molecule is C=CCNC(C)(C(=O)OC)c1cccc(F)c1. The van der Waals surface area contributed by atoms with Crippen LogP contribution < -0.4 is 5.32 Å². The molecule has 1 rings (SSSR count). The Balaban J connectivity index is 3.13. The van der Waals surface area contributed by atoms with E-state index in [9.17, 15) is 9.18 Å². The van der Waals surface area contributed by atoms with Gasteiger partial charge in [0.1, 0.15) is 11.4 Å². The van der Waals surface area contributed by atoms with Gasteiger partial charge >= 0.3 is 5.97 Å². The topological polar surface area (TPSA) is 38.3 Å². The molecule has 0 saturated carbocycles.